The lowest BCUT2D eigenvalue weighted by Gasteiger charge is -2.35. The molecule has 2 N–H and O–H groups in total. The van der Waals surface area contributed by atoms with Gasteiger partial charge in [-0.15, -0.1) is 10.2 Å². The second-order valence-electron chi connectivity index (χ2n) is 7.65. The van der Waals surface area contributed by atoms with Crippen LogP contribution >= 0.6 is 11.3 Å². The largest absolute Gasteiger partial charge is 0.337 e. The molecule has 0 amide bonds. The lowest BCUT2D eigenvalue weighted by molar-refractivity contribution is 0.485. The van der Waals surface area contributed by atoms with Crippen LogP contribution < -0.4 is 15.8 Å². The number of nitrogens with zero attached hydrogens (tertiary/aromatic N) is 3. The number of para-hydroxylation sites is 1. The highest BCUT2D eigenvalue weighted by atomic mass is 32.2. The Balaban J connectivity index is 1.47. The number of piperazine rings is 1. The highest BCUT2D eigenvalue weighted by Crippen LogP contribution is 2.32. The van der Waals surface area contributed by atoms with E-state index in [4.69, 9.17) is 0 Å². The highest BCUT2D eigenvalue weighted by Gasteiger charge is 2.30. The zero-order valence-electron chi connectivity index (χ0n) is 17.1. The van der Waals surface area contributed by atoms with E-state index >= 15 is 0 Å². The maximum Gasteiger partial charge on any atom is 0.253 e. The van der Waals surface area contributed by atoms with Crippen LogP contribution in [-0.2, 0) is 15.6 Å². The van der Waals surface area contributed by atoms with Crippen molar-refractivity contribution in [3.8, 4) is 0 Å². The molecule has 32 heavy (non-hydrogen) atoms. The van der Waals surface area contributed by atoms with E-state index in [1.807, 2.05) is 53.4 Å². The molecule has 164 valence electrons. The van der Waals surface area contributed by atoms with Gasteiger partial charge in [-0.3, -0.25) is 4.79 Å². The summed E-state index contributed by atoms with van der Waals surface area (Å²) < 4.78 is 25.7. The normalized spacial score (nSPS) is 17.0. The van der Waals surface area contributed by atoms with Crippen LogP contribution in [0.5, 0.6) is 0 Å². The third-order valence-electron chi connectivity index (χ3n) is 5.49. The number of benzene rings is 2. The Morgan fingerprint density at radius 3 is 2.69 bits per heavy atom. The molecule has 1 saturated heterocycles. The number of fused-ring (bicyclic) bond motifs is 1. The number of pyridine rings is 1. The summed E-state index contributed by atoms with van der Waals surface area (Å²) in [5.74, 6) is -0.127. The number of H-pyrrole nitrogens is 1. The van der Waals surface area contributed by atoms with Crippen molar-refractivity contribution in [2.75, 3.05) is 24.5 Å². The van der Waals surface area contributed by atoms with Crippen molar-refractivity contribution < 1.29 is 8.42 Å². The van der Waals surface area contributed by atoms with E-state index in [0.29, 0.717) is 35.9 Å². The Bertz CT molecular complexity index is 1420. The van der Waals surface area contributed by atoms with Crippen molar-refractivity contribution in [2.24, 2.45) is 0 Å². The van der Waals surface area contributed by atoms with E-state index in [2.05, 4.69) is 20.5 Å². The van der Waals surface area contributed by atoms with E-state index in [1.54, 1.807) is 12.1 Å². The minimum atomic E-state index is -3.62. The lowest BCUT2D eigenvalue weighted by atomic mass is 10.0. The fraction of sp³-hybridized carbons (Fsp3) is 0.227. The summed E-state index contributed by atoms with van der Waals surface area (Å²) in [4.78, 5) is 17.8. The molecule has 0 spiro atoms. The van der Waals surface area contributed by atoms with Crippen LogP contribution in [0, 0.1) is 0 Å². The maximum absolute atomic E-state index is 12.9. The van der Waals surface area contributed by atoms with Crippen molar-refractivity contribution in [3.05, 3.63) is 82.1 Å². The number of nitrogens with one attached hydrogen (secondary N) is 2. The molecular formula is C22H21N5O3S2. The fourth-order valence-electron chi connectivity index (χ4n) is 3.92. The molecule has 4 aromatic rings. The third-order valence-corrected chi connectivity index (χ3v) is 8.59. The van der Waals surface area contributed by atoms with Crippen LogP contribution in [0.3, 0.4) is 0 Å². The van der Waals surface area contributed by atoms with Gasteiger partial charge in [-0.25, -0.2) is 8.42 Å². The summed E-state index contributed by atoms with van der Waals surface area (Å²) in [5.41, 5.74) is 1.93. The number of aromatic amines is 1. The molecule has 1 aliphatic rings. The average molecular weight is 468 g/mol. The quantitative estimate of drug-likeness (QED) is 0.464. The third kappa shape index (κ3) is 4.04. The molecule has 3 heterocycles. The Morgan fingerprint density at radius 2 is 1.84 bits per heavy atom. The van der Waals surface area contributed by atoms with Gasteiger partial charge in [0.25, 0.3) is 5.56 Å². The molecule has 2 aromatic carbocycles. The van der Waals surface area contributed by atoms with Gasteiger partial charge in [-0.2, -0.15) is 0 Å². The van der Waals surface area contributed by atoms with Crippen molar-refractivity contribution in [1.29, 1.82) is 0 Å². The second kappa shape index (κ2) is 8.45. The Kier molecular flexibility index (Phi) is 5.50. The predicted octanol–water partition coefficient (Wildman–Crippen LogP) is 2.50. The zero-order chi connectivity index (χ0) is 22.1. The average Bonchev–Trinajstić information content (AvgIpc) is 3.30. The molecule has 10 heteroatoms. The molecule has 0 bridgehead atoms. The van der Waals surface area contributed by atoms with E-state index < -0.39 is 9.84 Å². The van der Waals surface area contributed by atoms with Crippen molar-refractivity contribution >= 4 is 37.2 Å². The maximum atomic E-state index is 12.9. The van der Waals surface area contributed by atoms with Crippen molar-refractivity contribution in [3.63, 3.8) is 0 Å². The molecule has 1 atom stereocenters. The summed E-state index contributed by atoms with van der Waals surface area (Å²) in [6.07, 6.45) is 0. The Labute approximate surface area is 188 Å². The van der Waals surface area contributed by atoms with Gasteiger partial charge in [0, 0.05) is 30.7 Å². The predicted molar refractivity (Wildman–Crippen MR) is 125 cm³/mol. The van der Waals surface area contributed by atoms with Gasteiger partial charge in [0.2, 0.25) is 19.3 Å². The number of hydrogen-bond acceptors (Lipinski definition) is 8. The van der Waals surface area contributed by atoms with Gasteiger partial charge in [-0.05, 0) is 23.1 Å². The Hall–Kier alpha value is -3.08. The SMILES string of the molecule is O=c1[nH]c2ccccc2cc1C1CNCCN1c1nnc(S(=O)(=O)Cc2ccccc2)s1. The van der Waals surface area contributed by atoms with Crippen molar-refractivity contribution in [2.45, 2.75) is 16.1 Å². The first-order chi connectivity index (χ1) is 15.5. The molecule has 5 rings (SSSR count). The van der Waals surface area contributed by atoms with Gasteiger partial charge >= 0.3 is 0 Å². The number of hydrogen-bond donors (Lipinski definition) is 2. The number of sulfone groups is 1. The molecule has 0 aliphatic carbocycles. The fourth-order valence-corrected chi connectivity index (χ4v) is 6.41. The first-order valence-corrected chi connectivity index (χ1v) is 12.7. The van der Waals surface area contributed by atoms with Gasteiger partial charge in [-0.1, -0.05) is 59.9 Å². The van der Waals surface area contributed by atoms with E-state index in [9.17, 15) is 13.2 Å². The lowest BCUT2D eigenvalue weighted by Crippen LogP contribution is -2.47. The standard InChI is InChI=1S/C22H21N5O3S2/c28-20-17(12-16-8-4-5-9-18(16)24-20)19-13-23-10-11-27(19)21-25-26-22(31-21)32(29,30)14-15-6-2-1-3-7-15/h1-9,12,19,23H,10-11,13-14H2,(H,24,28). The first kappa shape index (κ1) is 20.8. The molecule has 0 radical (unpaired) electrons. The van der Waals surface area contributed by atoms with Crippen LogP contribution in [0.2, 0.25) is 0 Å². The summed E-state index contributed by atoms with van der Waals surface area (Å²) in [6, 6.07) is 18.3. The topological polar surface area (TPSA) is 108 Å². The van der Waals surface area contributed by atoms with Gasteiger partial charge in [0.15, 0.2) is 0 Å². The highest BCUT2D eigenvalue weighted by molar-refractivity contribution is 7.92. The molecule has 1 unspecified atom stereocenters. The smallest absolute Gasteiger partial charge is 0.253 e. The van der Waals surface area contributed by atoms with Gasteiger partial charge in [0.05, 0.1) is 11.8 Å². The van der Waals surface area contributed by atoms with E-state index in [-0.39, 0.29) is 21.7 Å². The summed E-state index contributed by atoms with van der Waals surface area (Å²) in [7, 11) is -3.62. The van der Waals surface area contributed by atoms with Crippen molar-refractivity contribution in [1.82, 2.24) is 20.5 Å². The number of rotatable bonds is 5. The zero-order valence-corrected chi connectivity index (χ0v) is 18.7. The molecule has 1 fully saturated rings. The Morgan fingerprint density at radius 1 is 1.06 bits per heavy atom. The van der Waals surface area contributed by atoms with Crippen LogP contribution in [0.15, 0.2) is 69.8 Å². The molecule has 1 aliphatic heterocycles. The van der Waals surface area contributed by atoms with Crippen LogP contribution in [0.4, 0.5) is 5.13 Å². The monoisotopic (exact) mass is 467 g/mol. The summed E-state index contributed by atoms with van der Waals surface area (Å²) in [5, 5.41) is 12.9. The van der Waals surface area contributed by atoms with Gasteiger partial charge in [0.1, 0.15) is 0 Å². The van der Waals surface area contributed by atoms with Crippen LogP contribution in [-0.4, -0.2) is 43.2 Å². The van der Waals surface area contributed by atoms with Crippen LogP contribution in [0.1, 0.15) is 17.2 Å². The summed E-state index contributed by atoms with van der Waals surface area (Å²) in [6.45, 7) is 1.84. The number of aromatic nitrogens is 3. The summed E-state index contributed by atoms with van der Waals surface area (Å²) >= 11 is 1.05. The second-order valence-corrected chi connectivity index (χ2v) is 10.8. The number of anilines is 1. The first-order valence-electron chi connectivity index (χ1n) is 10.2. The van der Waals surface area contributed by atoms with E-state index in [0.717, 1.165) is 22.2 Å². The van der Waals surface area contributed by atoms with E-state index in [1.165, 1.54) is 0 Å². The van der Waals surface area contributed by atoms with Gasteiger partial charge < -0.3 is 15.2 Å². The molecular weight excluding hydrogens is 446 g/mol. The van der Waals surface area contributed by atoms with Crippen LogP contribution in [0.25, 0.3) is 10.9 Å². The molecule has 2 aromatic heterocycles. The minimum Gasteiger partial charge on any atom is -0.337 e. The molecule has 0 saturated carbocycles. The molecule has 8 nitrogen and oxygen atoms in total. The minimum absolute atomic E-state index is 0.0129.